The van der Waals surface area contributed by atoms with Crippen LogP contribution < -0.4 is 0 Å². The second kappa shape index (κ2) is 9.48. The monoisotopic (exact) mass is 337 g/mol. The Morgan fingerprint density at radius 2 is 2.26 bits per heavy atom. The Balaban J connectivity index is 1.71. The molecule has 0 spiro atoms. The molecule has 0 saturated carbocycles. The van der Waals surface area contributed by atoms with Crippen molar-refractivity contribution in [3.63, 3.8) is 0 Å². The van der Waals surface area contributed by atoms with Crippen molar-refractivity contribution >= 4 is 16.9 Å². The highest BCUT2D eigenvalue weighted by molar-refractivity contribution is 8.13. The van der Waals surface area contributed by atoms with Crippen LogP contribution >= 0.6 is 11.8 Å². The van der Waals surface area contributed by atoms with Crippen molar-refractivity contribution in [1.29, 1.82) is 0 Å². The van der Waals surface area contributed by atoms with Gasteiger partial charge in [0.05, 0.1) is 6.20 Å². The van der Waals surface area contributed by atoms with Crippen molar-refractivity contribution in [2.75, 3.05) is 25.9 Å². The highest BCUT2D eigenvalue weighted by Gasteiger charge is 2.20. The maximum Gasteiger partial charge on any atom is 0.188 e. The van der Waals surface area contributed by atoms with Gasteiger partial charge in [0.1, 0.15) is 0 Å². The molecular formula is C18H31N3OS. The first-order valence-corrected chi connectivity index (χ1v) is 10.1. The lowest BCUT2D eigenvalue weighted by molar-refractivity contribution is -0.111. The van der Waals surface area contributed by atoms with Crippen LogP contribution in [0.4, 0.5) is 0 Å². The summed E-state index contributed by atoms with van der Waals surface area (Å²) in [6.07, 6.45) is 11.6. The zero-order valence-electron chi connectivity index (χ0n) is 14.8. The number of rotatable bonds is 8. The van der Waals surface area contributed by atoms with E-state index in [9.17, 15) is 4.79 Å². The minimum atomic E-state index is 0.321. The second-order valence-electron chi connectivity index (χ2n) is 6.99. The third-order valence-corrected chi connectivity index (χ3v) is 5.36. The predicted molar refractivity (Wildman–Crippen MR) is 97.9 cm³/mol. The first kappa shape index (κ1) is 18.5. The Morgan fingerprint density at radius 1 is 1.43 bits per heavy atom. The van der Waals surface area contributed by atoms with Gasteiger partial charge in [-0.15, -0.1) is 0 Å². The molecule has 0 bridgehead atoms. The highest BCUT2D eigenvalue weighted by atomic mass is 32.2. The molecule has 1 aliphatic rings. The number of carbonyl (C=O) groups excluding carboxylic acids is 1. The van der Waals surface area contributed by atoms with Crippen LogP contribution in [-0.4, -0.2) is 45.7 Å². The van der Waals surface area contributed by atoms with Crippen LogP contribution in [0.1, 0.15) is 57.4 Å². The molecule has 0 unspecified atom stereocenters. The maximum atomic E-state index is 11.3. The molecule has 0 aromatic carbocycles. The van der Waals surface area contributed by atoms with Gasteiger partial charge in [-0.25, -0.2) is 0 Å². The molecule has 0 aliphatic carbocycles. The van der Waals surface area contributed by atoms with E-state index in [0.717, 1.165) is 32.4 Å². The van der Waals surface area contributed by atoms with Crippen molar-refractivity contribution in [2.45, 2.75) is 58.4 Å². The van der Waals surface area contributed by atoms with Crippen molar-refractivity contribution in [3.8, 4) is 0 Å². The standard InChI is InChI=1S/C18H31N3OS/c1-15(2)17-11-19-21(14-17)13-16-7-6-10-20(12-16)9-5-4-8-18(22)23-3/h11,14-16H,4-10,12-13H2,1-3H3/t16-/m0/s1. The molecule has 1 aromatic heterocycles. The number of likely N-dealkylation sites (tertiary alicyclic amines) is 1. The summed E-state index contributed by atoms with van der Waals surface area (Å²) in [5, 5.41) is 4.84. The van der Waals surface area contributed by atoms with E-state index < -0.39 is 0 Å². The molecule has 130 valence electrons. The summed E-state index contributed by atoms with van der Waals surface area (Å²) in [6, 6.07) is 0. The lowest BCUT2D eigenvalue weighted by Crippen LogP contribution is -2.37. The zero-order valence-corrected chi connectivity index (χ0v) is 15.6. The number of nitrogens with zero attached hydrogens (tertiary/aromatic N) is 3. The van der Waals surface area contributed by atoms with E-state index in [1.54, 1.807) is 0 Å². The summed E-state index contributed by atoms with van der Waals surface area (Å²) < 4.78 is 2.13. The molecule has 4 nitrogen and oxygen atoms in total. The summed E-state index contributed by atoms with van der Waals surface area (Å²) in [5.74, 6) is 1.26. The molecule has 1 saturated heterocycles. The summed E-state index contributed by atoms with van der Waals surface area (Å²) in [7, 11) is 0. The van der Waals surface area contributed by atoms with Gasteiger partial charge in [-0.3, -0.25) is 9.48 Å². The minimum Gasteiger partial charge on any atom is -0.303 e. The Labute approximate surface area is 145 Å². The Bertz CT molecular complexity index is 486. The fraction of sp³-hybridized carbons (Fsp3) is 0.778. The smallest absolute Gasteiger partial charge is 0.188 e. The molecule has 2 rings (SSSR count). The van der Waals surface area contributed by atoms with Gasteiger partial charge >= 0.3 is 0 Å². The number of carbonyl (C=O) groups is 1. The molecule has 1 fully saturated rings. The van der Waals surface area contributed by atoms with Crippen molar-refractivity contribution in [1.82, 2.24) is 14.7 Å². The van der Waals surface area contributed by atoms with Gasteiger partial charge < -0.3 is 4.90 Å². The number of piperidine rings is 1. The van der Waals surface area contributed by atoms with Gasteiger partial charge in [0.15, 0.2) is 5.12 Å². The van der Waals surface area contributed by atoms with Crippen molar-refractivity contribution < 1.29 is 4.79 Å². The molecular weight excluding hydrogens is 306 g/mol. The van der Waals surface area contributed by atoms with Crippen LogP contribution in [0.15, 0.2) is 12.4 Å². The molecule has 0 radical (unpaired) electrons. The number of hydrogen-bond donors (Lipinski definition) is 0. The van der Waals surface area contributed by atoms with Crippen molar-refractivity contribution in [3.05, 3.63) is 18.0 Å². The first-order chi connectivity index (χ1) is 11.1. The number of thioether (sulfide) groups is 1. The fourth-order valence-corrected chi connectivity index (χ4v) is 3.60. The topological polar surface area (TPSA) is 38.1 Å². The zero-order chi connectivity index (χ0) is 16.7. The van der Waals surface area contributed by atoms with E-state index >= 15 is 0 Å². The highest BCUT2D eigenvalue weighted by Crippen LogP contribution is 2.20. The van der Waals surface area contributed by atoms with E-state index in [-0.39, 0.29) is 0 Å². The van der Waals surface area contributed by atoms with Crippen LogP contribution in [0.2, 0.25) is 0 Å². The molecule has 1 aromatic rings. The molecule has 1 atom stereocenters. The lowest BCUT2D eigenvalue weighted by Gasteiger charge is -2.32. The molecule has 5 heteroatoms. The van der Waals surface area contributed by atoms with E-state index in [2.05, 4.69) is 34.7 Å². The Morgan fingerprint density at radius 3 is 2.96 bits per heavy atom. The summed E-state index contributed by atoms with van der Waals surface area (Å²) in [5.41, 5.74) is 1.33. The maximum absolute atomic E-state index is 11.3. The van der Waals surface area contributed by atoms with Gasteiger partial charge in [-0.2, -0.15) is 5.10 Å². The number of hydrogen-bond acceptors (Lipinski definition) is 4. The summed E-state index contributed by atoms with van der Waals surface area (Å²) in [6.45, 7) is 8.98. The SMILES string of the molecule is CSC(=O)CCCCN1CCC[C@H](Cn2cc(C(C)C)cn2)C1. The first-order valence-electron chi connectivity index (χ1n) is 8.90. The predicted octanol–water partition coefficient (Wildman–Crippen LogP) is 3.78. The van der Waals surface area contributed by atoms with Crippen LogP contribution in [0.3, 0.4) is 0 Å². The third-order valence-electron chi connectivity index (χ3n) is 4.70. The van der Waals surface area contributed by atoms with Gasteiger partial charge in [-0.05, 0) is 62.4 Å². The largest absolute Gasteiger partial charge is 0.303 e. The summed E-state index contributed by atoms with van der Waals surface area (Å²) in [4.78, 5) is 13.9. The molecule has 1 aliphatic heterocycles. The van der Waals surface area contributed by atoms with E-state index in [0.29, 0.717) is 17.0 Å². The van der Waals surface area contributed by atoms with Gasteiger partial charge in [0.2, 0.25) is 0 Å². The number of unbranched alkanes of at least 4 members (excludes halogenated alkanes) is 1. The van der Waals surface area contributed by atoms with Gasteiger partial charge in [-0.1, -0.05) is 25.6 Å². The van der Waals surface area contributed by atoms with Crippen LogP contribution in [0, 0.1) is 5.92 Å². The molecule has 0 amide bonds. The van der Waals surface area contributed by atoms with Gasteiger partial charge in [0.25, 0.3) is 0 Å². The van der Waals surface area contributed by atoms with Crippen LogP contribution in [0.5, 0.6) is 0 Å². The Hall–Kier alpha value is -0.810. The van der Waals surface area contributed by atoms with Crippen LogP contribution in [0.25, 0.3) is 0 Å². The average molecular weight is 338 g/mol. The average Bonchev–Trinajstić information content (AvgIpc) is 3.00. The number of aromatic nitrogens is 2. The Kier molecular flexibility index (Phi) is 7.63. The van der Waals surface area contributed by atoms with Crippen molar-refractivity contribution in [2.24, 2.45) is 5.92 Å². The third kappa shape index (κ3) is 6.30. The second-order valence-corrected chi connectivity index (χ2v) is 7.86. The fourth-order valence-electron chi connectivity index (χ4n) is 3.25. The molecule has 0 N–H and O–H groups in total. The lowest BCUT2D eigenvalue weighted by atomic mass is 9.97. The van der Waals surface area contributed by atoms with Crippen LogP contribution in [-0.2, 0) is 11.3 Å². The molecule has 23 heavy (non-hydrogen) atoms. The van der Waals surface area contributed by atoms with E-state index in [1.165, 1.54) is 43.3 Å². The van der Waals surface area contributed by atoms with E-state index in [4.69, 9.17) is 0 Å². The minimum absolute atomic E-state index is 0.321. The normalized spacial score (nSPS) is 19.4. The molecule has 2 heterocycles. The summed E-state index contributed by atoms with van der Waals surface area (Å²) >= 11 is 1.35. The van der Waals surface area contributed by atoms with E-state index in [1.807, 2.05) is 12.5 Å². The quantitative estimate of drug-likeness (QED) is 0.677. The van der Waals surface area contributed by atoms with Gasteiger partial charge in [0, 0.05) is 25.7 Å².